The third-order valence-electron chi connectivity index (χ3n) is 4.20. The Morgan fingerprint density at radius 1 is 1.32 bits per heavy atom. The van der Waals surface area contributed by atoms with Crippen LogP contribution in [0.1, 0.15) is 42.5 Å². The molecule has 148 valence electrons. The van der Waals surface area contributed by atoms with Gasteiger partial charge in [-0.05, 0) is 26.8 Å². The molecular weight excluding hydrogens is 368 g/mol. The van der Waals surface area contributed by atoms with Gasteiger partial charge in [0, 0.05) is 30.7 Å². The second kappa shape index (κ2) is 6.95. The Bertz CT molecular complexity index is 959. The minimum atomic E-state index is -1.23. The van der Waals surface area contributed by atoms with E-state index < -0.39 is 22.6 Å². The summed E-state index contributed by atoms with van der Waals surface area (Å²) in [5, 5.41) is 24.7. The number of carboxylic acids is 1. The Morgan fingerprint density at radius 3 is 2.64 bits per heavy atom. The number of nitro groups is 1. The van der Waals surface area contributed by atoms with Crippen LogP contribution in [0.25, 0.3) is 5.69 Å². The van der Waals surface area contributed by atoms with Gasteiger partial charge in [-0.1, -0.05) is 6.07 Å². The number of aromatic nitrogens is 2. The zero-order chi connectivity index (χ0) is 20.6. The quantitative estimate of drug-likeness (QED) is 0.632. The number of hydrogen-bond donors (Lipinski definition) is 1. The number of hydrogen-bond acceptors (Lipinski definition) is 6. The number of carboxylic acid groups (broad SMARTS) is 1. The van der Waals surface area contributed by atoms with E-state index in [1.807, 2.05) is 0 Å². The standard InChI is InChI=1S/C18H20N4O6/c1-18(2,3)28-17(25)20-8-7-14-13(10-20)15(16(23)24)19-21(14)11-5-4-6-12(9-11)22(26)27/h4-6,9H,7-8,10H2,1-3H3,(H,23,24). The first-order valence-electron chi connectivity index (χ1n) is 8.63. The summed E-state index contributed by atoms with van der Waals surface area (Å²) < 4.78 is 6.76. The molecule has 1 aromatic heterocycles. The fraction of sp³-hybridized carbons (Fsp3) is 0.389. The molecule has 1 N–H and O–H groups in total. The number of benzene rings is 1. The van der Waals surface area contributed by atoms with Crippen molar-refractivity contribution in [3.8, 4) is 5.69 Å². The summed E-state index contributed by atoms with van der Waals surface area (Å²) in [6, 6.07) is 5.81. The van der Waals surface area contributed by atoms with Gasteiger partial charge >= 0.3 is 12.1 Å². The normalized spacial score (nSPS) is 13.8. The van der Waals surface area contributed by atoms with E-state index in [0.717, 1.165) is 0 Å². The average Bonchev–Trinajstić information content (AvgIpc) is 2.99. The topological polar surface area (TPSA) is 128 Å². The predicted octanol–water partition coefficient (Wildman–Crippen LogP) is 2.77. The Kier molecular flexibility index (Phi) is 4.80. The van der Waals surface area contributed by atoms with Crippen molar-refractivity contribution >= 4 is 17.7 Å². The summed E-state index contributed by atoms with van der Waals surface area (Å²) in [7, 11) is 0. The van der Waals surface area contributed by atoms with Crippen molar-refractivity contribution < 1.29 is 24.4 Å². The number of nitrogens with zero attached hydrogens (tertiary/aromatic N) is 4. The SMILES string of the molecule is CC(C)(C)OC(=O)N1CCc2c(c(C(=O)O)nn2-c2cccc([N+](=O)[O-])c2)C1. The van der Waals surface area contributed by atoms with Gasteiger partial charge in [0.25, 0.3) is 5.69 Å². The number of fused-ring (bicyclic) bond motifs is 1. The number of carbonyl (C=O) groups is 2. The monoisotopic (exact) mass is 388 g/mol. The van der Waals surface area contributed by atoms with Crippen molar-refractivity contribution in [2.24, 2.45) is 0 Å². The minimum Gasteiger partial charge on any atom is -0.476 e. The highest BCUT2D eigenvalue weighted by atomic mass is 16.6. The minimum absolute atomic E-state index is 0.0425. The van der Waals surface area contributed by atoms with Crippen LogP contribution in [-0.2, 0) is 17.7 Å². The summed E-state index contributed by atoms with van der Waals surface area (Å²) in [5.41, 5.74) is 0.428. The molecular formula is C18H20N4O6. The van der Waals surface area contributed by atoms with Crippen molar-refractivity contribution in [2.45, 2.75) is 39.3 Å². The molecule has 0 atom stereocenters. The van der Waals surface area contributed by atoms with Crippen LogP contribution in [0.15, 0.2) is 24.3 Å². The Labute approximate surface area is 160 Å². The Hall–Kier alpha value is -3.43. The van der Waals surface area contributed by atoms with Crippen molar-refractivity contribution in [1.29, 1.82) is 0 Å². The third kappa shape index (κ3) is 3.80. The molecule has 0 fully saturated rings. The van der Waals surface area contributed by atoms with Gasteiger partial charge in [0.15, 0.2) is 5.69 Å². The van der Waals surface area contributed by atoms with Gasteiger partial charge in [-0.15, -0.1) is 0 Å². The lowest BCUT2D eigenvalue weighted by Gasteiger charge is -2.30. The van der Waals surface area contributed by atoms with Gasteiger partial charge in [0.2, 0.25) is 0 Å². The summed E-state index contributed by atoms with van der Waals surface area (Å²) in [5.74, 6) is -1.23. The number of nitro benzene ring substituents is 1. The molecule has 0 saturated carbocycles. The van der Waals surface area contributed by atoms with E-state index in [2.05, 4.69) is 5.10 Å². The van der Waals surface area contributed by atoms with Gasteiger partial charge in [0.05, 0.1) is 22.8 Å². The second-order valence-electron chi connectivity index (χ2n) is 7.42. The lowest BCUT2D eigenvalue weighted by molar-refractivity contribution is -0.384. The van der Waals surface area contributed by atoms with Gasteiger partial charge < -0.3 is 14.7 Å². The first-order valence-corrected chi connectivity index (χ1v) is 8.63. The predicted molar refractivity (Wildman–Crippen MR) is 97.5 cm³/mol. The zero-order valence-electron chi connectivity index (χ0n) is 15.7. The molecule has 0 unspecified atom stereocenters. The molecule has 2 aromatic rings. The average molecular weight is 388 g/mol. The lowest BCUT2D eigenvalue weighted by atomic mass is 10.1. The molecule has 0 aliphatic carbocycles. The number of amides is 1. The number of non-ortho nitro benzene ring substituents is 1. The number of carbonyl (C=O) groups excluding carboxylic acids is 1. The summed E-state index contributed by atoms with van der Waals surface area (Å²) in [6.07, 6.45) is -0.185. The third-order valence-corrected chi connectivity index (χ3v) is 4.20. The van der Waals surface area contributed by atoms with Crippen molar-refractivity contribution in [3.05, 3.63) is 51.3 Å². The van der Waals surface area contributed by atoms with Gasteiger partial charge in [-0.25, -0.2) is 14.3 Å². The van der Waals surface area contributed by atoms with E-state index in [0.29, 0.717) is 29.9 Å². The van der Waals surface area contributed by atoms with Crippen LogP contribution >= 0.6 is 0 Å². The van der Waals surface area contributed by atoms with E-state index in [9.17, 15) is 24.8 Å². The number of rotatable bonds is 3. The van der Waals surface area contributed by atoms with Crippen LogP contribution in [0.4, 0.5) is 10.5 Å². The fourth-order valence-electron chi connectivity index (χ4n) is 3.03. The Balaban J connectivity index is 1.99. The number of aromatic carboxylic acids is 1. The molecule has 1 aromatic carbocycles. The molecule has 0 saturated heterocycles. The van der Waals surface area contributed by atoms with Gasteiger partial charge in [-0.2, -0.15) is 5.10 Å². The summed E-state index contributed by atoms with van der Waals surface area (Å²) >= 11 is 0. The fourth-order valence-corrected chi connectivity index (χ4v) is 3.03. The molecule has 0 spiro atoms. The van der Waals surface area contributed by atoms with Crippen LogP contribution in [-0.4, -0.2) is 48.9 Å². The largest absolute Gasteiger partial charge is 0.476 e. The van der Waals surface area contributed by atoms with Crippen LogP contribution in [0.2, 0.25) is 0 Å². The first-order chi connectivity index (χ1) is 13.1. The highest BCUT2D eigenvalue weighted by Crippen LogP contribution is 2.27. The second-order valence-corrected chi connectivity index (χ2v) is 7.42. The number of ether oxygens (including phenoxy) is 1. The van der Waals surface area contributed by atoms with Crippen LogP contribution in [0.3, 0.4) is 0 Å². The van der Waals surface area contributed by atoms with E-state index in [4.69, 9.17) is 4.74 Å². The van der Waals surface area contributed by atoms with E-state index in [-0.39, 0.29) is 17.9 Å². The molecule has 3 rings (SSSR count). The van der Waals surface area contributed by atoms with Crippen molar-refractivity contribution in [1.82, 2.24) is 14.7 Å². The highest BCUT2D eigenvalue weighted by molar-refractivity contribution is 5.88. The smallest absolute Gasteiger partial charge is 0.410 e. The van der Waals surface area contributed by atoms with Crippen LogP contribution in [0, 0.1) is 10.1 Å². The maximum absolute atomic E-state index is 12.4. The van der Waals surface area contributed by atoms with E-state index in [1.165, 1.54) is 27.8 Å². The van der Waals surface area contributed by atoms with Crippen LogP contribution in [0.5, 0.6) is 0 Å². The van der Waals surface area contributed by atoms with Crippen molar-refractivity contribution in [2.75, 3.05) is 6.54 Å². The molecule has 2 heterocycles. The van der Waals surface area contributed by atoms with Gasteiger partial charge in [-0.3, -0.25) is 10.1 Å². The van der Waals surface area contributed by atoms with E-state index in [1.54, 1.807) is 26.8 Å². The highest BCUT2D eigenvalue weighted by Gasteiger charge is 2.32. The summed E-state index contributed by atoms with van der Waals surface area (Å²) in [6.45, 7) is 5.62. The maximum atomic E-state index is 12.4. The maximum Gasteiger partial charge on any atom is 0.410 e. The molecule has 1 aliphatic heterocycles. The first kappa shape index (κ1) is 19.3. The molecule has 10 nitrogen and oxygen atoms in total. The van der Waals surface area contributed by atoms with Gasteiger partial charge in [0.1, 0.15) is 5.60 Å². The summed E-state index contributed by atoms with van der Waals surface area (Å²) in [4.78, 5) is 36.0. The lowest BCUT2D eigenvalue weighted by Crippen LogP contribution is -2.40. The van der Waals surface area contributed by atoms with Crippen LogP contribution < -0.4 is 0 Å². The molecule has 0 bridgehead atoms. The zero-order valence-corrected chi connectivity index (χ0v) is 15.7. The Morgan fingerprint density at radius 2 is 2.04 bits per heavy atom. The molecule has 1 aliphatic rings. The van der Waals surface area contributed by atoms with Crippen molar-refractivity contribution in [3.63, 3.8) is 0 Å². The van der Waals surface area contributed by atoms with E-state index >= 15 is 0 Å². The molecule has 0 radical (unpaired) electrons. The molecule has 10 heteroatoms. The molecule has 28 heavy (non-hydrogen) atoms. The molecule has 1 amide bonds.